The number of aliphatic hydroxyl groups excluding tert-OH is 1. The average molecular weight is 467 g/mol. The smallest absolute Gasteiger partial charge is 0.308 e. The van der Waals surface area contributed by atoms with Gasteiger partial charge in [0.05, 0.1) is 29.2 Å². The normalized spacial score (nSPS) is 34.1. The number of aliphatic hydroxyl groups is 1. The SMILES string of the molecule is C=CCN(CCCC)C(=O)C1N([C@@H](CO)CC(C)C)C(=O)[C@@H]2[C@@H](C(=O)O)[C@@]3(C)CCC12S3. The van der Waals surface area contributed by atoms with E-state index in [0.717, 1.165) is 12.8 Å². The highest BCUT2D eigenvalue weighted by molar-refractivity contribution is 8.02. The van der Waals surface area contributed by atoms with E-state index in [0.29, 0.717) is 32.4 Å². The van der Waals surface area contributed by atoms with Crippen LogP contribution in [0.1, 0.15) is 59.8 Å². The Kier molecular flexibility index (Phi) is 7.35. The average Bonchev–Trinajstić information content (AvgIpc) is 3.29. The number of fused-ring (bicyclic) bond motifs is 1. The van der Waals surface area contributed by atoms with Crippen molar-refractivity contribution in [3.05, 3.63) is 12.7 Å². The molecule has 2 bridgehead atoms. The molecule has 0 radical (unpaired) electrons. The fourth-order valence-corrected chi connectivity index (χ4v) is 8.53. The van der Waals surface area contributed by atoms with Crippen LogP contribution in [0.15, 0.2) is 12.7 Å². The number of carbonyl (C=O) groups is 3. The summed E-state index contributed by atoms with van der Waals surface area (Å²) in [7, 11) is 0. The summed E-state index contributed by atoms with van der Waals surface area (Å²) in [6, 6.07) is -1.26. The van der Waals surface area contributed by atoms with Gasteiger partial charge in [0.15, 0.2) is 0 Å². The molecule has 3 fully saturated rings. The Morgan fingerprint density at radius 3 is 2.59 bits per heavy atom. The van der Waals surface area contributed by atoms with E-state index in [2.05, 4.69) is 13.5 Å². The molecule has 0 aromatic heterocycles. The molecule has 180 valence electrons. The lowest BCUT2D eigenvalue weighted by atomic mass is 9.66. The second-order valence-electron chi connectivity index (χ2n) is 10.2. The molecule has 0 saturated carbocycles. The molecule has 0 aromatic rings. The molecule has 3 rings (SSSR count). The van der Waals surface area contributed by atoms with Crippen molar-refractivity contribution < 1.29 is 24.6 Å². The maximum Gasteiger partial charge on any atom is 0.308 e. The molecule has 1 spiro atoms. The van der Waals surface area contributed by atoms with Crippen molar-refractivity contribution in [1.29, 1.82) is 0 Å². The number of carbonyl (C=O) groups excluding carboxylic acids is 2. The number of hydrogen-bond acceptors (Lipinski definition) is 5. The summed E-state index contributed by atoms with van der Waals surface area (Å²) >= 11 is 1.54. The summed E-state index contributed by atoms with van der Waals surface area (Å²) in [5.74, 6) is -2.73. The van der Waals surface area contributed by atoms with Crippen LogP contribution in [0.25, 0.3) is 0 Å². The fraction of sp³-hybridized carbons (Fsp3) is 0.792. The van der Waals surface area contributed by atoms with Crippen LogP contribution in [0.2, 0.25) is 0 Å². The number of unbranched alkanes of at least 4 members (excludes halogenated alkanes) is 1. The molecule has 32 heavy (non-hydrogen) atoms. The number of nitrogens with zero attached hydrogens (tertiary/aromatic N) is 2. The van der Waals surface area contributed by atoms with Crippen molar-refractivity contribution >= 4 is 29.5 Å². The van der Waals surface area contributed by atoms with Gasteiger partial charge in [-0.3, -0.25) is 14.4 Å². The first-order valence-electron chi connectivity index (χ1n) is 11.8. The molecule has 3 aliphatic rings. The number of likely N-dealkylation sites (tertiary alicyclic amines) is 1. The number of amides is 2. The van der Waals surface area contributed by atoms with E-state index >= 15 is 0 Å². The Morgan fingerprint density at radius 1 is 1.38 bits per heavy atom. The van der Waals surface area contributed by atoms with Gasteiger partial charge in [0.1, 0.15) is 6.04 Å². The van der Waals surface area contributed by atoms with Gasteiger partial charge in [-0.2, -0.15) is 0 Å². The first kappa shape index (κ1) is 25.1. The van der Waals surface area contributed by atoms with Gasteiger partial charge in [0.25, 0.3) is 0 Å². The van der Waals surface area contributed by atoms with Crippen LogP contribution in [0.4, 0.5) is 0 Å². The molecule has 3 heterocycles. The van der Waals surface area contributed by atoms with Crippen LogP contribution in [0.3, 0.4) is 0 Å². The van der Waals surface area contributed by atoms with Crippen LogP contribution >= 0.6 is 11.8 Å². The zero-order valence-corrected chi connectivity index (χ0v) is 20.6. The van der Waals surface area contributed by atoms with Gasteiger partial charge in [-0.1, -0.05) is 33.3 Å². The Morgan fingerprint density at radius 2 is 2.06 bits per heavy atom. The second-order valence-corrected chi connectivity index (χ2v) is 12.1. The van der Waals surface area contributed by atoms with Gasteiger partial charge in [-0.15, -0.1) is 18.3 Å². The van der Waals surface area contributed by atoms with Gasteiger partial charge in [-0.05, 0) is 38.5 Å². The molecule has 7 nitrogen and oxygen atoms in total. The fourth-order valence-electron chi connectivity index (χ4n) is 6.20. The highest BCUT2D eigenvalue weighted by Gasteiger charge is 2.78. The van der Waals surface area contributed by atoms with Gasteiger partial charge in [0.2, 0.25) is 11.8 Å². The Balaban J connectivity index is 2.10. The van der Waals surface area contributed by atoms with Crippen molar-refractivity contribution in [2.24, 2.45) is 17.8 Å². The molecule has 2 amide bonds. The van der Waals surface area contributed by atoms with Crippen molar-refractivity contribution in [3.8, 4) is 0 Å². The minimum Gasteiger partial charge on any atom is -0.481 e. The maximum atomic E-state index is 14.1. The predicted molar refractivity (Wildman–Crippen MR) is 125 cm³/mol. The molecule has 0 aliphatic carbocycles. The number of thioether (sulfide) groups is 1. The quantitative estimate of drug-likeness (QED) is 0.455. The molecular weight excluding hydrogens is 428 g/mol. The Labute approximate surface area is 195 Å². The predicted octanol–water partition coefficient (Wildman–Crippen LogP) is 2.77. The third-order valence-corrected chi connectivity index (χ3v) is 9.49. The lowest BCUT2D eigenvalue weighted by molar-refractivity contribution is -0.151. The lowest BCUT2D eigenvalue weighted by Crippen LogP contribution is -2.57. The summed E-state index contributed by atoms with van der Waals surface area (Å²) in [5.41, 5.74) is 0. The standard InChI is InChI=1S/C24H38N2O5S/c1-6-8-12-25(11-7-2)21(29)19-24-10-9-23(5,32-24)18(22(30)31)17(24)20(28)26(19)16(14-27)13-15(3)4/h7,15-19,27H,2,6,8-14H2,1,3-5H3,(H,30,31)/t16-,17+,18+,19?,23-,24?/m1/s1. The van der Waals surface area contributed by atoms with Gasteiger partial charge in [-0.25, -0.2) is 0 Å². The van der Waals surface area contributed by atoms with E-state index in [9.17, 15) is 24.6 Å². The zero-order valence-electron chi connectivity index (χ0n) is 19.7. The number of carboxylic acid groups (broad SMARTS) is 1. The van der Waals surface area contributed by atoms with Crippen molar-refractivity contribution in [1.82, 2.24) is 9.80 Å². The first-order chi connectivity index (χ1) is 15.1. The van der Waals surface area contributed by atoms with Crippen LogP contribution in [-0.2, 0) is 14.4 Å². The number of hydrogen-bond donors (Lipinski definition) is 2. The maximum absolute atomic E-state index is 14.1. The zero-order chi connectivity index (χ0) is 23.8. The first-order valence-corrected chi connectivity index (χ1v) is 12.6. The van der Waals surface area contributed by atoms with Gasteiger partial charge in [0, 0.05) is 17.8 Å². The summed E-state index contributed by atoms with van der Waals surface area (Å²) in [6.07, 6.45) is 5.33. The van der Waals surface area contributed by atoms with E-state index < -0.39 is 39.4 Å². The summed E-state index contributed by atoms with van der Waals surface area (Å²) in [4.78, 5) is 43.6. The number of rotatable bonds is 11. The lowest BCUT2D eigenvalue weighted by Gasteiger charge is -2.40. The molecule has 2 N–H and O–H groups in total. The van der Waals surface area contributed by atoms with Crippen LogP contribution in [0.5, 0.6) is 0 Å². The van der Waals surface area contributed by atoms with Gasteiger partial charge < -0.3 is 20.0 Å². The van der Waals surface area contributed by atoms with Gasteiger partial charge >= 0.3 is 5.97 Å². The highest BCUT2D eigenvalue weighted by Crippen LogP contribution is 2.71. The third kappa shape index (κ3) is 3.87. The largest absolute Gasteiger partial charge is 0.481 e. The molecule has 8 heteroatoms. The Bertz CT molecular complexity index is 773. The molecule has 0 aromatic carbocycles. The number of carboxylic acids is 1. The van der Waals surface area contributed by atoms with Crippen LogP contribution in [0, 0.1) is 17.8 Å². The molecular formula is C24H38N2O5S. The minimum atomic E-state index is -0.966. The molecule has 3 saturated heterocycles. The highest BCUT2D eigenvalue weighted by atomic mass is 32.2. The summed E-state index contributed by atoms with van der Waals surface area (Å²) < 4.78 is -1.32. The summed E-state index contributed by atoms with van der Waals surface area (Å²) in [5, 5.41) is 20.3. The third-order valence-electron chi connectivity index (χ3n) is 7.50. The monoisotopic (exact) mass is 466 g/mol. The topological polar surface area (TPSA) is 98.2 Å². The minimum absolute atomic E-state index is 0.140. The van der Waals surface area contributed by atoms with Crippen molar-refractivity contribution in [2.75, 3.05) is 19.7 Å². The van der Waals surface area contributed by atoms with E-state index in [1.54, 1.807) is 27.6 Å². The molecule has 3 aliphatic heterocycles. The molecule has 2 unspecified atom stereocenters. The van der Waals surface area contributed by atoms with Crippen LogP contribution in [-0.4, -0.2) is 79.1 Å². The summed E-state index contributed by atoms with van der Waals surface area (Å²) in [6.45, 7) is 12.5. The van der Waals surface area contributed by atoms with E-state index in [1.165, 1.54) is 0 Å². The number of aliphatic carboxylic acids is 1. The van der Waals surface area contributed by atoms with E-state index in [-0.39, 0.29) is 24.3 Å². The Hall–Kier alpha value is -1.54. The van der Waals surface area contributed by atoms with E-state index in [1.807, 2.05) is 20.8 Å². The van der Waals surface area contributed by atoms with E-state index in [4.69, 9.17) is 0 Å². The molecule has 6 atom stereocenters. The van der Waals surface area contributed by atoms with Crippen LogP contribution < -0.4 is 0 Å². The van der Waals surface area contributed by atoms with Crippen molar-refractivity contribution in [2.45, 2.75) is 81.4 Å². The van der Waals surface area contributed by atoms with Crippen molar-refractivity contribution in [3.63, 3.8) is 0 Å². The second kappa shape index (κ2) is 9.37.